The molecule has 2 heterocycles. The van der Waals surface area contributed by atoms with Crippen molar-refractivity contribution in [3.05, 3.63) is 76.3 Å². The van der Waals surface area contributed by atoms with Gasteiger partial charge in [0.05, 0.1) is 6.54 Å². The largest absolute Gasteiger partial charge is 0.322 e. The molecule has 3 aromatic rings. The van der Waals surface area contributed by atoms with Crippen molar-refractivity contribution in [3.8, 4) is 0 Å². The van der Waals surface area contributed by atoms with E-state index in [1.54, 1.807) is 6.20 Å². The van der Waals surface area contributed by atoms with Crippen molar-refractivity contribution in [2.45, 2.75) is 6.54 Å². The molecule has 0 radical (unpaired) electrons. The predicted molar refractivity (Wildman–Crippen MR) is 90.0 cm³/mol. The lowest BCUT2D eigenvalue weighted by atomic mass is 10.2. The van der Waals surface area contributed by atoms with Gasteiger partial charge in [0.15, 0.2) is 0 Å². The summed E-state index contributed by atoms with van der Waals surface area (Å²) in [6, 6.07) is 12.4. The number of nitrogens with zero attached hydrogens (tertiary/aromatic N) is 3. The molecule has 0 spiro atoms. The molecule has 7 heteroatoms. The molecular weight excluding hydrogens is 335 g/mol. The Morgan fingerprint density at radius 3 is 2.61 bits per heavy atom. The van der Waals surface area contributed by atoms with Crippen molar-refractivity contribution in [1.82, 2.24) is 14.8 Å². The fraction of sp³-hybridized carbons (Fsp3) is 0.0625. The van der Waals surface area contributed by atoms with Crippen LogP contribution in [-0.4, -0.2) is 20.7 Å². The zero-order valence-corrected chi connectivity index (χ0v) is 13.4. The molecule has 116 valence electrons. The molecule has 0 aliphatic heterocycles. The van der Waals surface area contributed by atoms with Crippen LogP contribution in [-0.2, 0) is 6.54 Å². The maximum Gasteiger partial charge on any atom is 0.255 e. The number of rotatable bonds is 4. The SMILES string of the molecule is O=C(Nc1cccc(Cn2cccn2)c1)c1cc(Cl)nc(Cl)c1. The van der Waals surface area contributed by atoms with Crippen LogP contribution in [0.2, 0.25) is 10.3 Å². The van der Waals surface area contributed by atoms with Gasteiger partial charge in [0, 0.05) is 23.6 Å². The number of benzene rings is 1. The number of halogens is 2. The number of hydrogen-bond donors (Lipinski definition) is 1. The molecule has 0 fully saturated rings. The number of hydrogen-bond acceptors (Lipinski definition) is 3. The van der Waals surface area contributed by atoms with E-state index in [1.165, 1.54) is 12.1 Å². The van der Waals surface area contributed by atoms with Gasteiger partial charge in [0.1, 0.15) is 10.3 Å². The number of carbonyl (C=O) groups is 1. The molecule has 3 rings (SSSR count). The number of nitrogens with one attached hydrogen (secondary N) is 1. The van der Waals surface area contributed by atoms with E-state index in [0.717, 1.165) is 5.56 Å². The van der Waals surface area contributed by atoms with Crippen molar-refractivity contribution < 1.29 is 4.79 Å². The molecule has 0 saturated heterocycles. The average molecular weight is 347 g/mol. The molecule has 0 unspecified atom stereocenters. The Labute approximate surface area is 142 Å². The van der Waals surface area contributed by atoms with Crippen LogP contribution in [0.1, 0.15) is 15.9 Å². The number of amides is 1. The van der Waals surface area contributed by atoms with Crippen LogP contribution in [0.3, 0.4) is 0 Å². The van der Waals surface area contributed by atoms with E-state index in [2.05, 4.69) is 15.4 Å². The summed E-state index contributed by atoms with van der Waals surface area (Å²) >= 11 is 11.6. The monoisotopic (exact) mass is 346 g/mol. The summed E-state index contributed by atoms with van der Waals surface area (Å²) in [5.74, 6) is -0.299. The molecule has 0 atom stereocenters. The van der Waals surface area contributed by atoms with E-state index in [9.17, 15) is 4.79 Å². The van der Waals surface area contributed by atoms with Gasteiger partial charge in [-0.2, -0.15) is 5.10 Å². The maximum atomic E-state index is 12.3. The van der Waals surface area contributed by atoms with Gasteiger partial charge in [-0.15, -0.1) is 0 Å². The molecule has 1 amide bonds. The minimum absolute atomic E-state index is 0.176. The van der Waals surface area contributed by atoms with Gasteiger partial charge in [0.25, 0.3) is 5.91 Å². The van der Waals surface area contributed by atoms with Crippen LogP contribution < -0.4 is 5.32 Å². The molecule has 0 saturated carbocycles. The number of pyridine rings is 1. The fourth-order valence-electron chi connectivity index (χ4n) is 2.13. The van der Waals surface area contributed by atoms with Crippen LogP contribution in [0.4, 0.5) is 5.69 Å². The zero-order chi connectivity index (χ0) is 16.2. The summed E-state index contributed by atoms with van der Waals surface area (Å²) in [7, 11) is 0. The van der Waals surface area contributed by atoms with Crippen molar-refractivity contribution in [2.75, 3.05) is 5.32 Å². The average Bonchev–Trinajstić information content (AvgIpc) is 2.99. The van der Waals surface area contributed by atoms with E-state index in [0.29, 0.717) is 17.8 Å². The molecule has 0 bridgehead atoms. The first-order valence-corrected chi connectivity index (χ1v) is 7.56. The van der Waals surface area contributed by atoms with Crippen LogP contribution in [0, 0.1) is 0 Å². The molecule has 5 nitrogen and oxygen atoms in total. The summed E-state index contributed by atoms with van der Waals surface area (Å²) < 4.78 is 1.81. The Bertz CT molecular complexity index is 814. The topological polar surface area (TPSA) is 59.8 Å². The van der Waals surface area contributed by atoms with Gasteiger partial charge < -0.3 is 5.32 Å². The minimum atomic E-state index is -0.299. The van der Waals surface area contributed by atoms with Crippen molar-refractivity contribution >= 4 is 34.8 Å². The lowest BCUT2D eigenvalue weighted by molar-refractivity contribution is 0.102. The Kier molecular flexibility index (Phi) is 4.60. The highest BCUT2D eigenvalue weighted by atomic mass is 35.5. The lowest BCUT2D eigenvalue weighted by Crippen LogP contribution is -2.12. The Morgan fingerprint density at radius 1 is 1.13 bits per heavy atom. The van der Waals surface area contributed by atoms with E-state index in [1.807, 2.05) is 41.2 Å². The van der Waals surface area contributed by atoms with Gasteiger partial charge >= 0.3 is 0 Å². The molecule has 1 N–H and O–H groups in total. The summed E-state index contributed by atoms with van der Waals surface area (Å²) in [5.41, 5.74) is 2.06. The zero-order valence-electron chi connectivity index (χ0n) is 11.9. The van der Waals surface area contributed by atoms with E-state index >= 15 is 0 Å². The second-order valence-electron chi connectivity index (χ2n) is 4.86. The first kappa shape index (κ1) is 15.5. The first-order chi connectivity index (χ1) is 11.1. The van der Waals surface area contributed by atoms with Crippen LogP contribution in [0.5, 0.6) is 0 Å². The molecule has 2 aromatic heterocycles. The van der Waals surface area contributed by atoms with Crippen molar-refractivity contribution in [3.63, 3.8) is 0 Å². The number of carbonyl (C=O) groups excluding carboxylic acids is 1. The molecule has 0 aliphatic carbocycles. The number of aromatic nitrogens is 3. The molecule has 23 heavy (non-hydrogen) atoms. The molecular formula is C16H12Cl2N4O. The summed E-state index contributed by atoms with van der Waals surface area (Å²) in [5, 5.41) is 7.33. The Balaban J connectivity index is 1.75. The number of anilines is 1. The third kappa shape index (κ3) is 4.09. The van der Waals surface area contributed by atoms with Gasteiger partial charge in [0.2, 0.25) is 0 Å². The highest BCUT2D eigenvalue weighted by Crippen LogP contribution is 2.17. The van der Waals surface area contributed by atoms with Crippen LogP contribution in [0.15, 0.2) is 54.9 Å². The minimum Gasteiger partial charge on any atom is -0.322 e. The molecule has 0 aliphatic rings. The van der Waals surface area contributed by atoms with Crippen LogP contribution in [0.25, 0.3) is 0 Å². The van der Waals surface area contributed by atoms with Gasteiger partial charge in [-0.25, -0.2) is 4.98 Å². The first-order valence-electron chi connectivity index (χ1n) is 6.81. The molecule has 1 aromatic carbocycles. The summed E-state index contributed by atoms with van der Waals surface area (Å²) in [6.45, 7) is 0.629. The van der Waals surface area contributed by atoms with Gasteiger partial charge in [-0.05, 0) is 35.9 Å². The maximum absolute atomic E-state index is 12.3. The lowest BCUT2D eigenvalue weighted by Gasteiger charge is -2.08. The standard InChI is InChI=1S/C16H12Cl2N4O/c17-14-8-12(9-15(18)21-14)16(23)20-13-4-1-3-11(7-13)10-22-6-2-5-19-22/h1-9H,10H2,(H,20,23). The summed E-state index contributed by atoms with van der Waals surface area (Å²) in [6.07, 6.45) is 3.61. The second kappa shape index (κ2) is 6.81. The van der Waals surface area contributed by atoms with Crippen molar-refractivity contribution in [1.29, 1.82) is 0 Å². The second-order valence-corrected chi connectivity index (χ2v) is 5.63. The van der Waals surface area contributed by atoms with Crippen LogP contribution >= 0.6 is 23.2 Å². The summed E-state index contributed by atoms with van der Waals surface area (Å²) in [4.78, 5) is 16.1. The highest BCUT2D eigenvalue weighted by Gasteiger charge is 2.09. The third-order valence-electron chi connectivity index (χ3n) is 3.11. The Morgan fingerprint density at radius 2 is 1.91 bits per heavy atom. The smallest absolute Gasteiger partial charge is 0.255 e. The predicted octanol–water partition coefficient (Wildman–Crippen LogP) is 3.89. The van der Waals surface area contributed by atoms with E-state index < -0.39 is 0 Å². The van der Waals surface area contributed by atoms with Crippen molar-refractivity contribution in [2.24, 2.45) is 0 Å². The quantitative estimate of drug-likeness (QED) is 0.729. The Hall–Kier alpha value is -2.37. The third-order valence-corrected chi connectivity index (χ3v) is 3.50. The van der Waals surface area contributed by atoms with E-state index in [4.69, 9.17) is 23.2 Å². The van der Waals surface area contributed by atoms with Gasteiger partial charge in [-0.3, -0.25) is 9.48 Å². The normalized spacial score (nSPS) is 10.5. The van der Waals surface area contributed by atoms with E-state index in [-0.39, 0.29) is 16.2 Å². The highest BCUT2D eigenvalue weighted by molar-refractivity contribution is 6.33. The van der Waals surface area contributed by atoms with Gasteiger partial charge in [-0.1, -0.05) is 35.3 Å². The fourth-order valence-corrected chi connectivity index (χ4v) is 2.59.